The zero-order valence-corrected chi connectivity index (χ0v) is 12.4. The van der Waals surface area contributed by atoms with Crippen molar-refractivity contribution in [2.75, 3.05) is 0 Å². The Balaban J connectivity index is 1.80. The Morgan fingerprint density at radius 1 is 1.22 bits per heavy atom. The van der Waals surface area contributed by atoms with Gasteiger partial charge in [0.15, 0.2) is 0 Å². The molecule has 1 amide bonds. The van der Waals surface area contributed by atoms with Crippen LogP contribution < -0.4 is 5.32 Å². The number of nitrogens with one attached hydrogen (secondary N) is 1. The molecule has 1 aromatic carbocycles. The van der Waals surface area contributed by atoms with Crippen LogP contribution in [0.3, 0.4) is 0 Å². The molecule has 2 rings (SSSR count). The first-order valence-corrected chi connectivity index (χ1v) is 7.46. The summed E-state index contributed by atoms with van der Waals surface area (Å²) in [5.41, 5.74) is 1.07. The Morgan fingerprint density at radius 2 is 1.83 bits per heavy atom. The lowest BCUT2D eigenvalue weighted by molar-refractivity contribution is -0.121. The zero-order chi connectivity index (χ0) is 13.0. The summed E-state index contributed by atoms with van der Waals surface area (Å²) in [6.07, 6.45) is 5.23. The maximum atomic E-state index is 11.9. The van der Waals surface area contributed by atoms with E-state index in [4.69, 9.17) is 0 Å². The van der Waals surface area contributed by atoms with Gasteiger partial charge in [0.25, 0.3) is 0 Å². The quantitative estimate of drug-likeness (QED) is 0.906. The lowest BCUT2D eigenvalue weighted by Gasteiger charge is -2.26. The van der Waals surface area contributed by atoms with Gasteiger partial charge in [-0.1, -0.05) is 35.0 Å². The fourth-order valence-corrected chi connectivity index (χ4v) is 2.74. The molecule has 1 aliphatic rings. The molecule has 0 aromatic heterocycles. The number of benzene rings is 1. The highest BCUT2D eigenvalue weighted by Gasteiger charge is 2.19. The average molecular weight is 310 g/mol. The molecule has 98 valence electrons. The number of rotatable bonds is 3. The monoisotopic (exact) mass is 309 g/mol. The first kappa shape index (κ1) is 13.6. The van der Waals surface area contributed by atoms with Crippen LogP contribution in [-0.4, -0.2) is 11.9 Å². The summed E-state index contributed by atoms with van der Waals surface area (Å²) in [5, 5.41) is 3.15. The largest absolute Gasteiger partial charge is 0.353 e. The van der Waals surface area contributed by atoms with Crippen molar-refractivity contribution in [3.05, 3.63) is 34.3 Å². The highest BCUT2D eigenvalue weighted by atomic mass is 79.9. The summed E-state index contributed by atoms with van der Waals surface area (Å²) in [6.45, 7) is 2.29. The molecule has 0 unspecified atom stereocenters. The van der Waals surface area contributed by atoms with E-state index in [-0.39, 0.29) is 5.91 Å². The Bertz CT molecular complexity index is 393. The van der Waals surface area contributed by atoms with E-state index in [1.54, 1.807) is 0 Å². The van der Waals surface area contributed by atoms with Crippen LogP contribution in [0.15, 0.2) is 28.7 Å². The summed E-state index contributed by atoms with van der Waals surface area (Å²) in [5.74, 6) is 0.974. The van der Waals surface area contributed by atoms with Gasteiger partial charge in [0.2, 0.25) is 5.91 Å². The van der Waals surface area contributed by atoms with E-state index in [0.29, 0.717) is 12.5 Å². The van der Waals surface area contributed by atoms with Gasteiger partial charge in [0.05, 0.1) is 6.42 Å². The average Bonchev–Trinajstić information content (AvgIpc) is 2.35. The lowest BCUT2D eigenvalue weighted by Crippen LogP contribution is -2.38. The standard InChI is InChI=1S/C15H20BrNO/c1-11-2-8-14(9-3-11)17-15(18)10-12-4-6-13(16)7-5-12/h4-7,11,14H,2-3,8-10H2,1H3,(H,17,18). The normalized spacial score (nSPS) is 23.7. The van der Waals surface area contributed by atoms with E-state index in [9.17, 15) is 4.79 Å². The van der Waals surface area contributed by atoms with Crippen molar-refractivity contribution in [2.24, 2.45) is 5.92 Å². The molecule has 0 saturated heterocycles. The van der Waals surface area contributed by atoms with Gasteiger partial charge in [0.1, 0.15) is 0 Å². The zero-order valence-electron chi connectivity index (χ0n) is 10.8. The molecule has 2 nitrogen and oxygen atoms in total. The van der Waals surface area contributed by atoms with Crippen LogP contribution in [0, 0.1) is 5.92 Å². The van der Waals surface area contributed by atoms with Gasteiger partial charge in [-0.15, -0.1) is 0 Å². The van der Waals surface area contributed by atoms with Crippen LogP contribution in [0.25, 0.3) is 0 Å². The maximum Gasteiger partial charge on any atom is 0.224 e. The predicted molar refractivity (Wildman–Crippen MR) is 77.4 cm³/mol. The minimum absolute atomic E-state index is 0.150. The van der Waals surface area contributed by atoms with Crippen molar-refractivity contribution in [3.8, 4) is 0 Å². The van der Waals surface area contributed by atoms with E-state index in [2.05, 4.69) is 28.2 Å². The topological polar surface area (TPSA) is 29.1 Å². The third-order valence-electron chi connectivity index (χ3n) is 3.66. The number of carbonyl (C=O) groups excluding carboxylic acids is 1. The Morgan fingerprint density at radius 3 is 2.44 bits per heavy atom. The van der Waals surface area contributed by atoms with E-state index in [1.165, 1.54) is 12.8 Å². The third kappa shape index (κ3) is 4.13. The molecule has 1 aliphatic carbocycles. The Kier molecular flexibility index (Phi) is 4.81. The molecular formula is C15H20BrNO. The Hall–Kier alpha value is -0.830. The lowest BCUT2D eigenvalue weighted by atomic mass is 9.87. The summed E-state index contributed by atoms with van der Waals surface area (Å²) in [7, 11) is 0. The SMILES string of the molecule is CC1CCC(NC(=O)Cc2ccc(Br)cc2)CC1. The smallest absolute Gasteiger partial charge is 0.224 e. The van der Waals surface area contributed by atoms with E-state index >= 15 is 0 Å². The number of carbonyl (C=O) groups is 1. The van der Waals surface area contributed by atoms with Gasteiger partial charge >= 0.3 is 0 Å². The first-order chi connectivity index (χ1) is 8.63. The molecule has 1 aromatic rings. The number of hydrogen-bond acceptors (Lipinski definition) is 1. The van der Waals surface area contributed by atoms with Crippen molar-refractivity contribution in [2.45, 2.75) is 45.1 Å². The molecule has 0 spiro atoms. The molecule has 3 heteroatoms. The highest BCUT2D eigenvalue weighted by Crippen LogP contribution is 2.23. The minimum Gasteiger partial charge on any atom is -0.353 e. The molecule has 1 N–H and O–H groups in total. The molecule has 0 atom stereocenters. The van der Waals surface area contributed by atoms with E-state index in [1.807, 2.05) is 24.3 Å². The van der Waals surface area contributed by atoms with Gasteiger partial charge in [-0.3, -0.25) is 4.79 Å². The van der Waals surface area contributed by atoms with Crippen LogP contribution in [0.2, 0.25) is 0 Å². The molecule has 18 heavy (non-hydrogen) atoms. The summed E-state index contributed by atoms with van der Waals surface area (Å²) in [6, 6.07) is 8.33. The number of halogens is 1. The third-order valence-corrected chi connectivity index (χ3v) is 4.19. The van der Waals surface area contributed by atoms with Gasteiger partial charge in [-0.25, -0.2) is 0 Å². The van der Waals surface area contributed by atoms with Gasteiger partial charge in [-0.05, 0) is 49.3 Å². The first-order valence-electron chi connectivity index (χ1n) is 6.67. The van der Waals surface area contributed by atoms with Crippen molar-refractivity contribution in [1.82, 2.24) is 5.32 Å². The second-order valence-electron chi connectivity index (χ2n) is 5.33. The molecule has 1 saturated carbocycles. The molecule has 1 fully saturated rings. The van der Waals surface area contributed by atoms with Gasteiger partial charge in [-0.2, -0.15) is 0 Å². The summed E-state index contributed by atoms with van der Waals surface area (Å²) in [4.78, 5) is 11.9. The second-order valence-corrected chi connectivity index (χ2v) is 6.24. The fourth-order valence-electron chi connectivity index (χ4n) is 2.47. The van der Waals surface area contributed by atoms with Gasteiger partial charge < -0.3 is 5.32 Å². The molecule has 0 aliphatic heterocycles. The summed E-state index contributed by atoms with van der Waals surface area (Å²) >= 11 is 3.40. The molecule has 0 radical (unpaired) electrons. The highest BCUT2D eigenvalue weighted by molar-refractivity contribution is 9.10. The second kappa shape index (κ2) is 6.37. The molecular weight excluding hydrogens is 290 g/mol. The van der Waals surface area contributed by atoms with Crippen molar-refractivity contribution >= 4 is 21.8 Å². The minimum atomic E-state index is 0.150. The molecule has 0 heterocycles. The van der Waals surface area contributed by atoms with Crippen LogP contribution in [0.4, 0.5) is 0 Å². The van der Waals surface area contributed by atoms with Crippen LogP contribution in [0.5, 0.6) is 0 Å². The van der Waals surface area contributed by atoms with Crippen molar-refractivity contribution in [1.29, 1.82) is 0 Å². The van der Waals surface area contributed by atoms with Crippen LogP contribution in [-0.2, 0) is 11.2 Å². The summed E-state index contributed by atoms with van der Waals surface area (Å²) < 4.78 is 1.05. The van der Waals surface area contributed by atoms with Crippen molar-refractivity contribution < 1.29 is 4.79 Å². The molecule has 0 bridgehead atoms. The van der Waals surface area contributed by atoms with Crippen LogP contribution >= 0.6 is 15.9 Å². The van der Waals surface area contributed by atoms with Crippen molar-refractivity contribution in [3.63, 3.8) is 0 Å². The Labute approximate surface area is 117 Å². The van der Waals surface area contributed by atoms with Gasteiger partial charge in [0, 0.05) is 10.5 Å². The van der Waals surface area contributed by atoms with E-state index < -0.39 is 0 Å². The fraction of sp³-hybridized carbons (Fsp3) is 0.533. The predicted octanol–water partition coefficient (Wildman–Crippen LogP) is 3.69. The number of hydrogen-bond donors (Lipinski definition) is 1. The van der Waals surface area contributed by atoms with Crippen LogP contribution in [0.1, 0.15) is 38.2 Å². The number of amides is 1. The van der Waals surface area contributed by atoms with E-state index in [0.717, 1.165) is 28.8 Å². The maximum absolute atomic E-state index is 11.9.